The molecule has 0 N–H and O–H groups in total. The highest BCUT2D eigenvalue weighted by Crippen LogP contribution is 2.14. The Bertz CT molecular complexity index is 314. The zero-order valence-electron chi connectivity index (χ0n) is 20.3. The van der Waals surface area contributed by atoms with Gasteiger partial charge in [-0.15, -0.1) is 0 Å². The van der Waals surface area contributed by atoms with Gasteiger partial charge in [-0.3, -0.25) is 4.79 Å². The third-order valence-corrected chi connectivity index (χ3v) is 6.00. The van der Waals surface area contributed by atoms with Crippen LogP contribution in [-0.2, 0) is 9.53 Å². The summed E-state index contributed by atoms with van der Waals surface area (Å²) >= 11 is 0. The SMILES string of the molecule is CCCCCCCCCCCCCCCCCCCCC(=O)OCCCCCC. The zero-order chi connectivity index (χ0) is 21.3. The van der Waals surface area contributed by atoms with Crippen molar-refractivity contribution >= 4 is 5.97 Å². The van der Waals surface area contributed by atoms with Crippen LogP contribution in [0, 0.1) is 0 Å². The average Bonchev–Trinajstić information content (AvgIpc) is 2.72. The Morgan fingerprint density at radius 3 is 1.14 bits per heavy atom. The molecule has 0 atom stereocenters. The summed E-state index contributed by atoms with van der Waals surface area (Å²) in [4.78, 5) is 11.6. The maximum Gasteiger partial charge on any atom is 0.305 e. The number of ether oxygens (including phenoxy) is 1. The minimum absolute atomic E-state index is 0.0120. The predicted molar refractivity (Wildman–Crippen MR) is 128 cm³/mol. The van der Waals surface area contributed by atoms with Gasteiger partial charge in [0.25, 0.3) is 0 Å². The standard InChI is InChI=1S/C27H54O2/c1-3-5-7-9-10-11-12-13-14-15-16-17-18-19-20-21-22-23-25-27(28)29-26-24-8-6-4-2/h3-26H2,1-2H3. The highest BCUT2D eigenvalue weighted by Gasteiger charge is 2.02. The van der Waals surface area contributed by atoms with Crippen LogP contribution in [0.2, 0.25) is 0 Å². The van der Waals surface area contributed by atoms with Crippen LogP contribution in [0.5, 0.6) is 0 Å². The van der Waals surface area contributed by atoms with E-state index in [1.54, 1.807) is 0 Å². The molecule has 0 saturated carbocycles. The van der Waals surface area contributed by atoms with Crippen molar-refractivity contribution in [2.24, 2.45) is 0 Å². The molecule has 2 nitrogen and oxygen atoms in total. The lowest BCUT2D eigenvalue weighted by Gasteiger charge is -2.05. The van der Waals surface area contributed by atoms with Crippen LogP contribution in [0.25, 0.3) is 0 Å². The Morgan fingerprint density at radius 1 is 0.448 bits per heavy atom. The second kappa shape index (κ2) is 25.5. The molecular weight excluding hydrogens is 356 g/mol. The highest BCUT2D eigenvalue weighted by atomic mass is 16.5. The molecule has 0 radical (unpaired) electrons. The molecule has 2 heteroatoms. The van der Waals surface area contributed by atoms with E-state index >= 15 is 0 Å². The van der Waals surface area contributed by atoms with Gasteiger partial charge in [0.2, 0.25) is 0 Å². The molecule has 0 aromatic rings. The monoisotopic (exact) mass is 410 g/mol. The van der Waals surface area contributed by atoms with Gasteiger partial charge in [-0.05, 0) is 12.8 Å². The number of esters is 1. The van der Waals surface area contributed by atoms with E-state index in [0.717, 1.165) is 12.8 Å². The van der Waals surface area contributed by atoms with Crippen LogP contribution in [-0.4, -0.2) is 12.6 Å². The van der Waals surface area contributed by atoms with Gasteiger partial charge in [0.05, 0.1) is 6.61 Å². The smallest absolute Gasteiger partial charge is 0.305 e. The van der Waals surface area contributed by atoms with Crippen molar-refractivity contribution in [3.63, 3.8) is 0 Å². The van der Waals surface area contributed by atoms with E-state index in [9.17, 15) is 4.79 Å². The molecule has 0 aromatic heterocycles. The lowest BCUT2D eigenvalue weighted by Crippen LogP contribution is -2.05. The lowest BCUT2D eigenvalue weighted by atomic mass is 10.0. The summed E-state index contributed by atoms with van der Waals surface area (Å²) in [6.45, 7) is 5.11. The molecule has 0 rings (SSSR count). The first-order chi connectivity index (χ1) is 14.3. The average molecular weight is 411 g/mol. The third-order valence-electron chi connectivity index (χ3n) is 6.00. The minimum atomic E-state index is 0.0120. The molecule has 0 bridgehead atoms. The highest BCUT2D eigenvalue weighted by molar-refractivity contribution is 5.69. The molecule has 0 spiro atoms. The van der Waals surface area contributed by atoms with E-state index in [1.807, 2.05) is 0 Å². The zero-order valence-corrected chi connectivity index (χ0v) is 20.3. The molecule has 29 heavy (non-hydrogen) atoms. The van der Waals surface area contributed by atoms with Gasteiger partial charge in [-0.1, -0.05) is 142 Å². The Balaban J connectivity index is 3.08. The molecule has 0 heterocycles. The minimum Gasteiger partial charge on any atom is -0.466 e. The topological polar surface area (TPSA) is 26.3 Å². The number of carbonyl (C=O) groups excluding carboxylic acids is 1. The molecular formula is C27H54O2. The fourth-order valence-corrected chi connectivity index (χ4v) is 3.96. The van der Waals surface area contributed by atoms with Gasteiger partial charge >= 0.3 is 5.97 Å². The van der Waals surface area contributed by atoms with E-state index < -0.39 is 0 Å². The molecule has 0 fully saturated rings. The van der Waals surface area contributed by atoms with E-state index in [0.29, 0.717) is 13.0 Å². The Kier molecular flexibility index (Phi) is 25.0. The van der Waals surface area contributed by atoms with Crippen molar-refractivity contribution in [1.82, 2.24) is 0 Å². The van der Waals surface area contributed by atoms with Crippen molar-refractivity contribution in [2.75, 3.05) is 6.61 Å². The Hall–Kier alpha value is -0.530. The maximum absolute atomic E-state index is 11.6. The number of hydrogen-bond donors (Lipinski definition) is 0. The first-order valence-corrected chi connectivity index (χ1v) is 13.5. The normalized spacial score (nSPS) is 11.1. The molecule has 0 aliphatic heterocycles. The van der Waals surface area contributed by atoms with Gasteiger partial charge in [-0.2, -0.15) is 0 Å². The fourth-order valence-electron chi connectivity index (χ4n) is 3.96. The molecule has 0 aliphatic rings. The van der Waals surface area contributed by atoms with Crippen LogP contribution in [0.15, 0.2) is 0 Å². The summed E-state index contributed by atoms with van der Waals surface area (Å²) in [5, 5.41) is 0. The largest absolute Gasteiger partial charge is 0.466 e. The number of carbonyl (C=O) groups is 1. The predicted octanol–water partition coefficient (Wildman–Crippen LogP) is 9.54. The van der Waals surface area contributed by atoms with Gasteiger partial charge in [0, 0.05) is 6.42 Å². The molecule has 0 aromatic carbocycles. The van der Waals surface area contributed by atoms with E-state index in [2.05, 4.69) is 13.8 Å². The molecule has 0 saturated heterocycles. The summed E-state index contributed by atoms with van der Waals surface area (Å²) in [5.74, 6) is 0.0120. The first kappa shape index (κ1) is 28.5. The van der Waals surface area contributed by atoms with Crippen molar-refractivity contribution in [3.8, 4) is 0 Å². The van der Waals surface area contributed by atoms with Crippen LogP contribution in [0.3, 0.4) is 0 Å². The molecule has 0 amide bonds. The molecule has 0 unspecified atom stereocenters. The number of hydrogen-bond acceptors (Lipinski definition) is 2. The van der Waals surface area contributed by atoms with Crippen molar-refractivity contribution in [1.29, 1.82) is 0 Å². The van der Waals surface area contributed by atoms with E-state index in [4.69, 9.17) is 4.74 Å². The van der Waals surface area contributed by atoms with Crippen LogP contribution in [0.1, 0.15) is 162 Å². The summed E-state index contributed by atoms with van der Waals surface area (Å²) in [5.41, 5.74) is 0. The Labute approximate surface area is 184 Å². The summed E-state index contributed by atoms with van der Waals surface area (Å²) in [6.07, 6.45) is 30.1. The Morgan fingerprint density at radius 2 is 0.759 bits per heavy atom. The van der Waals surface area contributed by atoms with Crippen molar-refractivity contribution in [2.45, 2.75) is 162 Å². The van der Waals surface area contributed by atoms with Crippen molar-refractivity contribution in [3.05, 3.63) is 0 Å². The third kappa shape index (κ3) is 25.4. The van der Waals surface area contributed by atoms with Gasteiger partial charge in [0.15, 0.2) is 0 Å². The van der Waals surface area contributed by atoms with Gasteiger partial charge in [-0.25, -0.2) is 0 Å². The van der Waals surface area contributed by atoms with Gasteiger partial charge in [0.1, 0.15) is 0 Å². The van der Waals surface area contributed by atoms with E-state index in [-0.39, 0.29) is 5.97 Å². The quantitative estimate of drug-likeness (QED) is 0.117. The van der Waals surface area contributed by atoms with E-state index in [1.165, 1.54) is 128 Å². The molecule has 0 aliphatic carbocycles. The maximum atomic E-state index is 11.6. The van der Waals surface area contributed by atoms with Crippen LogP contribution >= 0.6 is 0 Å². The summed E-state index contributed by atoms with van der Waals surface area (Å²) in [7, 11) is 0. The second-order valence-electron chi connectivity index (χ2n) is 9.04. The fraction of sp³-hybridized carbons (Fsp3) is 0.963. The van der Waals surface area contributed by atoms with Crippen molar-refractivity contribution < 1.29 is 9.53 Å². The number of rotatable bonds is 24. The van der Waals surface area contributed by atoms with Crippen LogP contribution in [0.4, 0.5) is 0 Å². The second-order valence-corrected chi connectivity index (χ2v) is 9.04. The first-order valence-electron chi connectivity index (χ1n) is 13.5. The number of unbranched alkanes of at least 4 members (excludes halogenated alkanes) is 20. The van der Waals surface area contributed by atoms with Gasteiger partial charge < -0.3 is 4.74 Å². The van der Waals surface area contributed by atoms with Crippen LogP contribution < -0.4 is 0 Å². The summed E-state index contributed by atoms with van der Waals surface area (Å²) in [6, 6.07) is 0. The summed E-state index contributed by atoms with van der Waals surface area (Å²) < 4.78 is 5.28. The molecule has 174 valence electrons. The lowest BCUT2D eigenvalue weighted by molar-refractivity contribution is -0.143.